The minimum absolute atomic E-state index is 0.162. The van der Waals surface area contributed by atoms with Crippen LogP contribution in [0.25, 0.3) is 49.7 Å². The van der Waals surface area contributed by atoms with Gasteiger partial charge < -0.3 is 9.47 Å². The molecular weight excluding hydrogens is 581 g/mol. The Hall–Kier alpha value is -5.60. The maximum absolute atomic E-state index is 2.48. The number of fused-ring (bicyclic) bond motifs is 6. The number of hydrogen-bond acceptors (Lipinski definition) is 1. The predicted molar refractivity (Wildman–Crippen MR) is 203 cm³/mol. The summed E-state index contributed by atoms with van der Waals surface area (Å²) < 4.78 is 2.43. The van der Waals surface area contributed by atoms with Gasteiger partial charge in [0.1, 0.15) is 0 Å². The number of benzene rings is 6. The first-order valence-electron chi connectivity index (χ1n) is 17.1. The summed E-state index contributed by atoms with van der Waals surface area (Å²) in [5.74, 6) is 0.413. The Balaban J connectivity index is 1.15. The van der Waals surface area contributed by atoms with Gasteiger partial charge in [-0.2, -0.15) is 0 Å². The van der Waals surface area contributed by atoms with Crippen LogP contribution in [0.1, 0.15) is 38.3 Å². The second-order valence-electron chi connectivity index (χ2n) is 13.9. The van der Waals surface area contributed by atoms with E-state index in [0.717, 1.165) is 6.42 Å². The van der Waals surface area contributed by atoms with E-state index in [0.29, 0.717) is 5.92 Å². The molecule has 2 aliphatic rings. The van der Waals surface area contributed by atoms with Crippen LogP contribution in [0.2, 0.25) is 0 Å². The van der Waals surface area contributed by atoms with Gasteiger partial charge in [0.05, 0.1) is 11.0 Å². The number of para-hydroxylation sites is 2. The molecule has 9 rings (SSSR count). The largest absolute Gasteiger partial charge is 0.314 e. The van der Waals surface area contributed by atoms with Crippen molar-refractivity contribution in [3.8, 4) is 27.9 Å². The maximum Gasteiger partial charge on any atom is 0.0541 e. The molecule has 0 fully saturated rings. The van der Waals surface area contributed by atoms with E-state index in [2.05, 4.69) is 188 Å². The van der Waals surface area contributed by atoms with Crippen LogP contribution in [0, 0.1) is 5.92 Å². The molecule has 2 aliphatic carbocycles. The van der Waals surface area contributed by atoms with E-state index in [9.17, 15) is 0 Å². The summed E-state index contributed by atoms with van der Waals surface area (Å²) in [6.07, 6.45) is 7.83. The Morgan fingerprint density at radius 2 is 1.19 bits per heavy atom. The number of anilines is 2. The molecule has 0 amide bonds. The van der Waals surface area contributed by atoms with Crippen LogP contribution in [0.15, 0.2) is 163 Å². The van der Waals surface area contributed by atoms with Gasteiger partial charge in [-0.25, -0.2) is 0 Å². The summed E-state index contributed by atoms with van der Waals surface area (Å²) in [6, 6.07) is 51.4. The van der Waals surface area contributed by atoms with E-state index in [-0.39, 0.29) is 5.41 Å². The lowest BCUT2D eigenvalue weighted by Gasteiger charge is -2.33. The fraction of sp³-hybridized carbons (Fsp3) is 0.130. The maximum atomic E-state index is 2.48. The van der Waals surface area contributed by atoms with Gasteiger partial charge in [0.15, 0.2) is 0 Å². The smallest absolute Gasteiger partial charge is 0.0541 e. The molecule has 0 aliphatic heterocycles. The minimum atomic E-state index is -0.162. The van der Waals surface area contributed by atoms with Crippen LogP contribution < -0.4 is 4.90 Å². The second kappa shape index (κ2) is 11.0. The van der Waals surface area contributed by atoms with Crippen molar-refractivity contribution in [2.75, 3.05) is 4.90 Å². The van der Waals surface area contributed by atoms with E-state index >= 15 is 0 Å². The predicted octanol–water partition coefficient (Wildman–Crippen LogP) is 12.4. The molecule has 0 spiro atoms. The van der Waals surface area contributed by atoms with Crippen molar-refractivity contribution in [1.29, 1.82) is 0 Å². The van der Waals surface area contributed by atoms with Crippen molar-refractivity contribution in [2.24, 2.45) is 5.92 Å². The van der Waals surface area contributed by atoms with Gasteiger partial charge in [-0.15, -0.1) is 0 Å². The molecule has 6 aromatic carbocycles. The normalized spacial score (nSPS) is 16.1. The number of hydrogen-bond donors (Lipinski definition) is 0. The first-order valence-corrected chi connectivity index (χ1v) is 17.1. The summed E-state index contributed by atoms with van der Waals surface area (Å²) in [4.78, 5) is 2.48. The van der Waals surface area contributed by atoms with Crippen molar-refractivity contribution in [1.82, 2.24) is 4.57 Å². The summed E-state index contributed by atoms with van der Waals surface area (Å²) >= 11 is 0. The van der Waals surface area contributed by atoms with Gasteiger partial charge >= 0.3 is 0 Å². The highest BCUT2D eigenvalue weighted by molar-refractivity contribution is 6.09. The number of allylic oxidation sites excluding steroid dienone is 4. The Morgan fingerprint density at radius 3 is 1.88 bits per heavy atom. The van der Waals surface area contributed by atoms with Gasteiger partial charge in [0, 0.05) is 44.9 Å². The molecule has 0 N–H and O–H groups in total. The Labute approximate surface area is 282 Å². The average Bonchev–Trinajstić information content (AvgIpc) is 3.58. The highest BCUT2D eigenvalue weighted by atomic mass is 15.2. The summed E-state index contributed by atoms with van der Waals surface area (Å²) in [5, 5.41) is 2.58. The molecule has 1 heterocycles. The van der Waals surface area contributed by atoms with Gasteiger partial charge in [-0.3, -0.25) is 0 Å². The molecule has 1 unspecified atom stereocenters. The molecule has 1 aromatic heterocycles. The number of nitrogens with zero attached hydrogens (tertiary/aromatic N) is 2. The molecule has 0 bridgehead atoms. The van der Waals surface area contributed by atoms with Crippen LogP contribution in [0.3, 0.4) is 0 Å². The third-order valence-electron chi connectivity index (χ3n) is 10.6. The van der Waals surface area contributed by atoms with E-state index < -0.39 is 0 Å². The highest BCUT2D eigenvalue weighted by Crippen LogP contribution is 2.51. The zero-order valence-corrected chi connectivity index (χ0v) is 27.7. The first kappa shape index (κ1) is 28.6. The number of rotatable bonds is 5. The Morgan fingerprint density at radius 1 is 0.604 bits per heavy atom. The lowest BCUT2D eigenvalue weighted by Crippen LogP contribution is -2.23. The minimum Gasteiger partial charge on any atom is -0.314 e. The van der Waals surface area contributed by atoms with Gasteiger partial charge in [0.25, 0.3) is 0 Å². The van der Waals surface area contributed by atoms with Crippen LogP contribution >= 0.6 is 0 Å². The standard InChI is InChI=1S/C46H38N2/c1-31-13-7-10-18-43(31)47(34-23-21-33(22-24-34)32-14-5-4-6-15-32)35-25-27-37-38-28-26-36(30-42(38)46(2,3)41(37)29-35)48-44-19-11-8-16-39(44)40-17-9-12-20-45(40)48/h4-12,14-31H,13H2,1-3H3. The van der Waals surface area contributed by atoms with Gasteiger partial charge in [-0.05, 0) is 94.4 Å². The summed E-state index contributed by atoms with van der Waals surface area (Å²) in [6.45, 7) is 7.12. The quantitative estimate of drug-likeness (QED) is 0.186. The summed E-state index contributed by atoms with van der Waals surface area (Å²) in [7, 11) is 0. The van der Waals surface area contributed by atoms with Gasteiger partial charge in [0.2, 0.25) is 0 Å². The van der Waals surface area contributed by atoms with Crippen molar-refractivity contribution in [3.63, 3.8) is 0 Å². The molecule has 7 aromatic rings. The SMILES string of the molecule is CC1CC=CC=C1N(c1ccc(-c2ccccc2)cc1)c1ccc2c(c1)C(C)(C)c1cc(-n3c4ccccc4c4ccccc43)ccc1-2. The van der Waals surface area contributed by atoms with E-state index in [1.54, 1.807) is 0 Å². The molecule has 0 saturated carbocycles. The van der Waals surface area contributed by atoms with Crippen LogP contribution in [0.4, 0.5) is 11.4 Å². The third-order valence-corrected chi connectivity index (χ3v) is 10.6. The lowest BCUT2D eigenvalue weighted by atomic mass is 9.82. The molecule has 48 heavy (non-hydrogen) atoms. The van der Waals surface area contributed by atoms with E-state index in [1.807, 2.05) is 0 Å². The third kappa shape index (κ3) is 4.40. The van der Waals surface area contributed by atoms with Crippen molar-refractivity contribution in [3.05, 3.63) is 175 Å². The lowest BCUT2D eigenvalue weighted by molar-refractivity contribution is 0.657. The van der Waals surface area contributed by atoms with Crippen molar-refractivity contribution in [2.45, 2.75) is 32.6 Å². The van der Waals surface area contributed by atoms with E-state index in [4.69, 9.17) is 0 Å². The number of aromatic nitrogens is 1. The Kier molecular flexibility index (Phi) is 6.55. The van der Waals surface area contributed by atoms with Crippen LogP contribution in [0.5, 0.6) is 0 Å². The first-order chi connectivity index (χ1) is 23.5. The molecule has 2 nitrogen and oxygen atoms in total. The van der Waals surface area contributed by atoms with Crippen LogP contribution in [-0.2, 0) is 5.41 Å². The van der Waals surface area contributed by atoms with Crippen molar-refractivity contribution >= 4 is 33.2 Å². The molecular formula is C46H38N2. The van der Waals surface area contributed by atoms with Crippen LogP contribution in [-0.4, -0.2) is 4.57 Å². The topological polar surface area (TPSA) is 8.17 Å². The fourth-order valence-corrected chi connectivity index (χ4v) is 8.10. The molecule has 0 radical (unpaired) electrons. The average molecular weight is 619 g/mol. The molecule has 0 saturated heterocycles. The molecule has 2 heteroatoms. The second-order valence-corrected chi connectivity index (χ2v) is 13.9. The zero-order chi connectivity index (χ0) is 32.4. The van der Waals surface area contributed by atoms with Crippen molar-refractivity contribution < 1.29 is 0 Å². The molecule has 232 valence electrons. The van der Waals surface area contributed by atoms with E-state index in [1.165, 1.54) is 77.9 Å². The monoisotopic (exact) mass is 618 g/mol. The molecule has 1 atom stereocenters. The fourth-order valence-electron chi connectivity index (χ4n) is 8.10. The zero-order valence-electron chi connectivity index (χ0n) is 27.7. The van der Waals surface area contributed by atoms with Gasteiger partial charge in [-0.1, -0.05) is 124 Å². The summed E-state index contributed by atoms with van der Waals surface area (Å²) in [5.41, 5.74) is 15.1. The Bertz CT molecular complexity index is 2350. The highest BCUT2D eigenvalue weighted by Gasteiger charge is 2.37.